The van der Waals surface area contributed by atoms with Crippen molar-refractivity contribution in [3.8, 4) is 0 Å². The van der Waals surface area contributed by atoms with Gasteiger partial charge in [0, 0.05) is 32.7 Å². The minimum atomic E-state index is -0.908. The van der Waals surface area contributed by atoms with Gasteiger partial charge in [0.25, 0.3) is 0 Å². The first kappa shape index (κ1) is 18.4. The summed E-state index contributed by atoms with van der Waals surface area (Å²) in [5, 5.41) is 10.9. The lowest BCUT2D eigenvalue weighted by molar-refractivity contribution is -0.0277. The summed E-state index contributed by atoms with van der Waals surface area (Å²) in [4.78, 5) is 4.35. The molecule has 0 amide bonds. The van der Waals surface area contributed by atoms with Crippen molar-refractivity contribution in [1.82, 2.24) is 4.90 Å². The molecule has 2 aliphatic heterocycles. The lowest BCUT2D eigenvalue weighted by Crippen LogP contribution is -2.42. The highest BCUT2D eigenvalue weighted by Gasteiger charge is 2.34. The molecule has 0 atom stereocenters. The maximum Gasteiger partial charge on any atom is 0.146 e. The number of rotatable bonds is 4. The Hall–Kier alpha value is -1.98. The van der Waals surface area contributed by atoms with E-state index in [0.717, 1.165) is 50.1 Å². The van der Waals surface area contributed by atoms with Crippen molar-refractivity contribution >= 4 is 5.69 Å². The van der Waals surface area contributed by atoms with Gasteiger partial charge in [-0.15, -0.1) is 0 Å². The van der Waals surface area contributed by atoms with E-state index in [1.807, 2.05) is 12.1 Å². The van der Waals surface area contributed by atoms with Gasteiger partial charge in [0.05, 0.1) is 11.3 Å². The van der Waals surface area contributed by atoms with Gasteiger partial charge in [0.15, 0.2) is 0 Å². The third-order valence-electron chi connectivity index (χ3n) is 5.93. The number of benzene rings is 2. The molecule has 0 bridgehead atoms. The number of hydrogen-bond donors (Lipinski definition) is 1. The van der Waals surface area contributed by atoms with Crippen molar-refractivity contribution in [2.45, 2.75) is 37.8 Å². The summed E-state index contributed by atoms with van der Waals surface area (Å²) in [6.07, 6.45) is 3.44. The third kappa shape index (κ3) is 3.99. The highest BCUT2D eigenvalue weighted by atomic mass is 19.1. The number of likely N-dealkylation sites (tertiary alicyclic amines) is 1. The van der Waals surface area contributed by atoms with Gasteiger partial charge in [0.1, 0.15) is 11.6 Å². The van der Waals surface area contributed by atoms with E-state index in [1.54, 1.807) is 18.2 Å². The van der Waals surface area contributed by atoms with Gasteiger partial charge in [-0.1, -0.05) is 18.2 Å². The van der Waals surface area contributed by atoms with Crippen LogP contribution in [-0.4, -0.2) is 36.2 Å². The van der Waals surface area contributed by atoms with E-state index in [-0.39, 0.29) is 11.6 Å². The van der Waals surface area contributed by atoms with Crippen LogP contribution in [0.1, 0.15) is 36.8 Å². The second-order valence-corrected chi connectivity index (χ2v) is 7.79. The minimum absolute atomic E-state index is 0.144. The minimum Gasteiger partial charge on any atom is -0.385 e. The Labute approximate surface area is 159 Å². The van der Waals surface area contributed by atoms with E-state index < -0.39 is 5.60 Å². The zero-order valence-corrected chi connectivity index (χ0v) is 15.5. The molecule has 4 rings (SSSR count). The third-order valence-corrected chi connectivity index (χ3v) is 5.93. The molecule has 5 heteroatoms. The second kappa shape index (κ2) is 7.56. The summed E-state index contributed by atoms with van der Waals surface area (Å²) in [7, 11) is 0. The molecule has 2 heterocycles. The Morgan fingerprint density at radius 1 is 0.889 bits per heavy atom. The van der Waals surface area contributed by atoms with E-state index in [9.17, 15) is 13.9 Å². The maximum atomic E-state index is 14.5. The number of hydrogen-bond acceptors (Lipinski definition) is 3. The molecule has 0 aromatic heterocycles. The Balaban J connectivity index is 1.37. The van der Waals surface area contributed by atoms with Crippen molar-refractivity contribution in [2.75, 3.05) is 31.1 Å². The summed E-state index contributed by atoms with van der Waals surface area (Å²) in [5.74, 6) is -0.437. The topological polar surface area (TPSA) is 26.7 Å². The van der Waals surface area contributed by atoms with Crippen molar-refractivity contribution < 1.29 is 13.9 Å². The Morgan fingerprint density at radius 3 is 2.19 bits per heavy atom. The molecule has 0 unspecified atom stereocenters. The van der Waals surface area contributed by atoms with E-state index in [1.165, 1.54) is 12.1 Å². The Kier molecular flexibility index (Phi) is 5.15. The predicted octanol–water partition coefficient (Wildman–Crippen LogP) is 4.05. The lowest BCUT2D eigenvalue weighted by Gasteiger charge is -2.38. The fraction of sp³-hybridized carbons (Fsp3) is 0.455. The number of halogens is 2. The summed E-state index contributed by atoms with van der Waals surface area (Å²) < 4.78 is 27.6. The molecule has 27 heavy (non-hydrogen) atoms. The number of anilines is 1. The van der Waals surface area contributed by atoms with Gasteiger partial charge < -0.3 is 10.0 Å². The largest absolute Gasteiger partial charge is 0.385 e. The first-order valence-corrected chi connectivity index (χ1v) is 9.78. The van der Waals surface area contributed by atoms with Crippen LogP contribution in [0, 0.1) is 11.6 Å². The normalized spacial score (nSPS) is 20.2. The van der Waals surface area contributed by atoms with Gasteiger partial charge in [0.2, 0.25) is 0 Å². The van der Waals surface area contributed by atoms with Gasteiger partial charge in [-0.3, -0.25) is 4.90 Å². The smallest absolute Gasteiger partial charge is 0.146 e. The summed E-state index contributed by atoms with van der Waals surface area (Å²) >= 11 is 0. The van der Waals surface area contributed by atoms with E-state index in [2.05, 4.69) is 9.80 Å². The maximum absolute atomic E-state index is 14.5. The Morgan fingerprint density at radius 2 is 1.56 bits per heavy atom. The van der Waals surface area contributed by atoms with Gasteiger partial charge >= 0.3 is 0 Å². The first-order valence-electron chi connectivity index (χ1n) is 9.78. The average molecular weight is 372 g/mol. The van der Waals surface area contributed by atoms with Crippen LogP contribution in [0.2, 0.25) is 0 Å². The molecule has 2 aromatic rings. The van der Waals surface area contributed by atoms with Crippen LogP contribution in [0.4, 0.5) is 14.5 Å². The van der Waals surface area contributed by atoms with Crippen molar-refractivity contribution in [2.24, 2.45) is 0 Å². The van der Waals surface area contributed by atoms with Crippen LogP contribution in [-0.2, 0) is 12.1 Å². The summed E-state index contributed by atoms with van der Waals surface area (Å²) in [6.45, 7) is 4.00. The molecule has 3 nitrogen and oxygen atoms in total. The summed E-state index contributed by atoms with van der Waals surface area (Å²) in [6, 6.07) is 11.7. The van der Waals surface area contributed by atoms with E-state index in [0.29, 0.717) is 25.1 Å². The number of aliphatic hydroxyl groups is 1. The van der Waals surface area contributed by atoms with E-state index in [4.69, 9.17) is 0 Å². The highest BCUT2D eigenvalue weighted by molar-refractivity contribution is 5.49. The predicted molar refractivity (Wildman–Crippen MR) is 103 cm³/mol. The fourth-order valence-corrected chi connectivity index (χ4v) is 4.25. The molecule has 0 radical (unpaired) electrons. The molecule has 2 aliphatic rings. The van der Waals surface area contributed by atoms with Crippen LogP contribution in [0.5, 0.6) is 0 Å². The zero-order chi connectivity index (χ0) is 18.9. The van der Waals surface area contributed by atoms with E-state index >= 15 is 0 Å². The van der Waals surface area contributed by atoms with Gasteiger partial charge in [-0.25, -0.2) is 8.78 Å². The molecular formula is C22H26F2N2O. The van der Waals surface area contributed by atoms with Crippen molar-refractivity contribution in [3.05, 3.63) is 65.2 Å². The zero-order valence-electron chi connectivity index (χ0n) is 15.5. The molecule has 2 fully saturated rings. The second-order valence-electron chi connectivity index (χ2n) is 7.79. The van der Waals surface area contributed by atoms with Gasteiger partial charge in [-0.05, 0) is 61.1 Å². The number of piperidine rings is 1. The van der Waals surface area contributed by atoms with Crippen LogP contribution < -0.4 is 4.90 Å². The molecule has 0 spiro atoms. The number of nitrogens with zero attached hydrogens (tertiary/aromatic N) is 2. The molecule has 0 saturated carbocycles. The first-order chi connectivity index (χ1) is 13.0. The van der Waals surface area contributed by atoms with Crippen LogP contribution in [0.25, 0.3) is 0 Å². The molecule has 144 valence electrons. The molecule has 2 saturated heterocycles. The van der Waals surface area contributed by atoms with Gasteiger partial charge in [-0.2, -0.15) is 0 Å². The molecule has 2 aromatic carbocycles. The van der Waals surface area contributed by atoms with Crippen LogP contribution >= 0.6 is 0 Å². The average Bonchev–Trinajstić information content (AvgIpc) is 3.19. The molecule has 1 N–H and O–H groups in total. The SMILES string of the molecule is OC1(c2ccc(F)cc2)CCN(Cc2ccc(N3CCCC3)c(F)c2)CC1. The monoisotopic (exact) mass is 372 g/mol. The van der Waals surface area contributed by atoms with Crippen LogP contribution in [0.15, 0.2) is 42.5 Å². The Bertz CT molecular complexity index is 779. The standard InChI is InChI=1S/C22H26F2N2O/c23-19-6-4-18(5-7-19)22(27)9-13-25(14-10-22)16-17-3-8-21(20(24)15-17)26-11-1-2-12-26/h3-8,15,27H,1-2,9-14,16H2. The van der Waals surface area contributed by atoms with Crippen molar-refractivity contribution in [1.29, 1.82) is 0 Å². The highest BCUT2D eigenvalue weighted by Crippen LogP contribution is 2.33. The van der Waals surface area contributed by atoms with Crippen LogP contribution in [0.3, 0.4) is 0 Å². The van der Waals surface area contributed by atoms with Crippen molar-refractivity contribution in [3.63, 3.8) is 0 Å². The lowest BCUT2D eigenvalue weighted by atomic mass is 9.84. The molecule has 0 aliphatic carbocycles. The molecular weight excluding hydrogens is 346 g/mol. The quantitative estimate of drug-likeness (QED) is 0.877. The fourth-order valence-electron chi connectivity index (χ4n) is 4.25. The summed E-state index contributed by atoms with van der Waals surface area (Å²) in [5.41, 5.74) is 1.53.